The summed E-state index contributed by atoms with van der Waals surface area (Å²) in [5.41, 5.74) is 1.43. The normalized spacial score (nSPS) is 11.4. The van der Waals surface area contributed by atoms with Crippen molar-refractivity contribution >= 4 is 61.4 Å². The Morgan fingerprint density at radius 3 is 2.49 bits per heavy atom. The molecule has 12 heteroatoms. The maximum Gasteiger partial charge on any atom is 0.258 e. The van der Waals surface area contributed by atoms with Gasteiger partial charge in [-0.1, -0.05) is 42.3 Å². The summed E-state index contributed by atoms with van der Waals surface area (Å²) in [6.45, 7) is 3.44. The second-order valence-electron chi connectivity index (χ2n) is 8.75. The van der Waals surface area contributed by atoms with Gasteiger partial charge in [0.25, 0.3) is 5.91 Å². The van der Waals surface area contributed by atoms with Gasteiger partial charge in [-0.3, -0.25) is 9.10 Å². The second-order valence-corrected chi connectivity index (χ2v) is 11.5. The number of benzene rings is 3. The van der Waals surface area contributed by atoms with Crippen LogP contribution in [0.3, 0.4) is 0 Å². The van der Waals surface area contributed by atoms with E-state index in [0.29, 0.717) is 28.7 Å². The van der Waals surface area contributed by atoms with Crippen LogP contribution in [0.2, 0.25) is 10.2 Å². The predicted molar refractivity (Wildman–Crippen MR) is 152 cm³/mol. The minimum absolute atomic E-state index is 0.0251. The molecule has 0 spiro atoms. The number of carbonyl (C=O) groups is 1. The van der Waals surface area contributed by atoms with Crippen molar-refractivity contribution in [3.63, 3.8) is 0 Å². The average Bonchev–Trinajstić information content (AvgIpc) is 2.90. The van der Waals surface area contributed by atoms with Gasteiger partial charge in [0.2, 0.25) is 10.0 Å². The lowest BCUT2D eigenvalue weighted by atomic mass is 10.1. The lowest BCUT2D eigenvalue weighted by molar-refractivity contribution is 0.102. The number of amides is 1. The Hall–Kier alpha value is -3.47. The Morgan fingerprint density at radius 2 is 1.82 bits per heavy atom. The number of methoxy groups -OCH3 is 1. The van der Waals surface area contributed by atoms with Crippen LogP contribution in [-0.2, 0) is 16.6 Å². The Morgan fingerprint density at radius 1 is 1.10 bits per heavy atom. The highest BCUT2D eigenvalue weighted by Gasteiger charge is 2.27. The van der Waals surface area contributed by atoms with Crippen molar-refractivity contribution in [2.45, 2.75) is 26.8 Å². The highest BCUT2D eigenvalue weighted by molar-refractivity contribution is 7.92. The molecule has 1 N–H and O–H groups in total. The molecule has 0 aliphatic carbocycles. The minimum Gasteiger partial charge on any atom is -0.497 e. The van der Waals surface area contributed by atoms with Gasteiger partial charge in [0, 0.05) is 5.39 Å². The summed E-state index contributed by atoms with van der Waals surface area (Å²) in [5.74, 6) is -1.08. The molecule has 0 unspecified atom stereocenters. The van der Waals surface area contributed by atoms with Gasteiger partial charge < -0.3 is 10.1 Å². The summed E-state index contributed by atoms with van der Waals surface area (Å²) in [6.07, 6.45) is 1.58. The minimum atomic E-state index is -3.86. The van der Waals surface area contributed by atoms with E-state index in [-0.39, 0.29) is 44.9 Å². The lowest BCUT2D eigenvalue weighted by Crippen LogP contribution is -2.33. The van der Waals surface area contributed by atoms with E-state index in [1.165, 1.54) is 19.5 Å². The Kier molecular flexibility index (Phi) is 8.58. The van der Waals surface area contributed by atoms with Crippen LogP contribution in [0.4, 0.5) is 15.8 Å². The van der Waals surface area contributed by atoms with Gasteiger partial charge in [-0.05, 0) is 60.9 Å². The quantitative estimate of drug-likeness (QED) is 0.227. The number of rotatable bonds is 9. The monoisotopic (exact) mass is 590 g/mol. The molecule has 0 aliphatic rings. The molecule has 39 heavy (non-hydrogen) atoms. The molecule has 0 fully saturated rings. The number of halogens is 3. The smallest absolute Gasteiger partial charge is 0.258 e. The Labute approximate surface area is 235 Å². The molecular weight excluding hydrogens is 566 g/mol. The zero-order chi connectivity index (χ0) is 28.3. The van der Waals surface area contributed by atoms with Crippen LogP contribution in [0.25, 0.3) is 10.9 Å². The van der Waals surface area contributed by atoms with Crippen molar-refractivity contribution in [1.82, 2.24) is 9.97 Å². The number of hydrogen-bond donors (Lipinski definition) is 1. The Bertz CT molecular complexity index is 1650. The number of hydrogen-bond acceptors (Lipinski definition) is 6. The van der Waals surface area contributed by atoms with Crippen LogP contribution < -0.4 is 14.4 Å². The molecule has 4 aromatic rings. The molecule has 0 radical (unpaired) electrons. The molecule has 3 aromatic carbocycles. The van der Waals surface area contributed by atoms with Gasteiger partial charge in [0.1, 0.15) is 23.0 Å². The molecule has 0 atom stereocenters. The van der Waals surface area contributed by atoms with E-state index in [0.717, 1.165) is 10.4 Å². The van der Waals surface area contributed by atoms with Crippen molar-refractivity contribution in [3.8, 4) is 5.75 Å². The van der Waals surface area contributed by atoms with Gasteiger partial charge in [0.05, 0.1) is 46.9 Å². The first-order chi connectivity index (χ1) is 18.6. The molecule has 8 nitrogen and oxygen atoms in total. The topological polar surface area (TPSA) is 101 Å². The summed E-state index contributed by atoms with van der Waals surface area (Å²) in [5, 5.41) is 2.87. The molecular formula is C27H25Cl2FN4O4S. The van der Waals surface area contributed by atoms with Crippen LogP contribution in [-0.4, -0.2) is 37.2 Å². The third-order valence-electron chi connectivity index (χ3n) is 5.94. The van der Waals surface area contributed by atoms with Crippen LogP contribution in [0.1, 0.15) is 34.8 Å². The summed E-state index contributed by atoms with van der Waals surface area (Å²) in [7, 11) is -2.33. The standard InChI is InChI=1S/C27H25Cl2FN4O4S/c1-4-11-39(36,37)34(14-17-5-7-18(38-3)8-6-17)22-10-9-21(30)25(23(22)28)33-27(35)20-13-16(2)12-19-24(20)31-15-32-26(19)29/h5-10,12-13,15H,4,11,14H2,1-3H3,(H,33,35). The summed E-state index contributed by atoms with van der Waals surface area (Å²) in [6, 6.07) is 12.5. The highest BCUT2D eigenvalue weighted by Crippen LogP contribution is 2.38. The van der Waals surface area contributed by atoms with Crippen LogP contribution in [0.5, 0.6) is 5.75 Å². The fourth-order valence-corrected chi connectivity index (χ4v) is 6.16. The van der Waals surface area contributed by atoms with E-state index < -0.39 is 21.7 Å². The fourth-order valence-electron chi connectivity index (χ4n) is 4.08. The van der Waals surface area contributed by atoms with E-state index in [1.807, 2.05) is 0 Å². The van der Waals surface area contributed by atoms with Gasteiger partial charge >= 0.3 is 0 Å². The van der Waals surface area contributed by atoms with Crippen molar-refractivity contribution < 1.29 is 22.3 Å². The number of sulfonamides is 1. The fraction of sp³-hybridized carbons (Fsp3) is 0.222. The molecule has 0 saturated heterocycles. The zero-order valence-corrected chi connectivity index (χ0v) is 23.7. The van der Waals surface area contributed by atoms with Crippen molar-refractivity contribution in [2.75, 3.05) is 22.5 Å². The second kappa shape index (κ2) is 11.7. The van der Waals surface area contributed by atoms with E-state index in [4.69, 9.17) is 27.9 Å². The molecule has 204 valence electrons. The first-order valence-electron chi connectivity index (χ1n) is 11.9. The summed E-state index contributed by atoms with van der Waals surface area (Å²) in [4.78, 5) is 21.5. The van der Waals surface area contributed by atoms with E-state index >= 15 is 4.39 Å². The number of aromatic nitrogens is 2. The summed E-state index contributed by atoms with van der Waals surface area (Å²) < 4.78 is 47.9. The van der Waals surface area contributed by atoms with Gasteiger partial charge in [-0.25, -0.2) is 22.8 Å². The average molecular weight is 591 g/mol. The number of nitrogens with one attached hydrogen (secondary N) is 1. The molecule has 4 rings (SSSR count). The van der Waals surface area contributed by atoms with Gasteiger partial charge in [0.15, 0.2) is 0 Å². The molecule has 1 amide bonds. The van der Waals surface area contributed by atoms with Crippen molar-refractivity contribution in [3.05, 3.63) is 87.5 Å². The summed E-state index contributed by atoms with van der Waals surface area (Å²) >= 11 is 12.8. The molecule has 1 heterocycles. The maximum absolute atomic E-state index is 15.1. The Balaban J connectivity index is 1.77. The van der Waals surface area contributed by atoms with Crippen LogP contribution >= 0.6 is 23.2 Å². The highest BCUT2D eigenvalue weighted by atomic mass is 35.5. The third kappa shape index (κ3) is 6.08. The SMILES string of the molecule is CCCS(=O)(=O)N(Cc1ccc(OC)cc1)c1ccc(F)c(NC(=O)c2cc(C)cc3c(Cl)ncnc23)c1Cl. The largest absolute Gasteiger partial charge is 0.497 e. The lowest BCUT2D eigenvalue weighted by Gasteiger charge is -2.26. The molecule has 0 aliphatic heterocycles. The number of ether oxygens (including phenoxy) is 1. The van der Waals surface area contributed by atoms with Crippen LogP contribution in [0.15, 0.2) is 54.9 Å². The first kappa shape index (κ1) is 28.5. The van der Waals surface area contributed by atoms with Crippen molar-refractivity contribution in [2.24, 2.45) is 0 Å². The maximum atomic E-state index is 15.1. The van der Waals surface area contributed by atoms with Gasteiger partial charge in [-0.15, -0.1) is 0 Å². The van der Waals surface area contributed by atoms with E-state index in [1.54, 1.807) is 50.2 Å². The molecule has 0 saturated carbocycles. The van der Waals surface area contributed by atoms with E-state index in [2.05, 4.69) is 15.3 Å². The van der Waals surface area contributed by atoms with Gasteiger partial charge in [-0.2, -0.15) is 0 Å². The third-order valence-corrected chi connectivity index (χ3v) is 8.55. The zero-order valence-electron chi connectivity index (χ0n) is 21.3. The van der Waals surface area contributed by atoms with Crippen LogP contribution in [0, 0.1) is 12.7 Å². The van der Waals surface area contributed by atoms with Crippen molar-refractivity contribution in [1.29, 1.82) is 0 Å². The predicted octanol–water partition coefficient (Wildman–Crippen LogP) is 6.39. The molecule has 0 bridgehead atoms. The first-order valence-corrected chi connectivity index (χ1v) is 14.3. The molecule has 1 aromatic heterocycles. The number of nitrogens with zero attached hydrogens (tertiary/aromatic N) is 3. The number of aryl methyl sites for hydroxylation is 1. The number of carbonyl (C=O) groups excluding carboxylic acids is 1. The number of anilines is 2. The van der Waals surface area contributed by atoms with E-state index in [9.17, 15) is 13.2 Å². The number of fused-ring (bicyclic) bond motifs is 1.